The Morgan fingerprint density at radius 1 is 1.04 bits per heavy atom. The first-order valence-corrected chi connectivity index (χ1v) is 11.5. The summed E-state index contributed by atoms with van der Waals surface area (Å²) in [5, 5.41) is 2.83. The maximum absolute atomic E-state index is 12.5. The van der Waals surface area contributed by atoms with Crippen molar-refractivity contribution in [1.29, 1.82) is 0 Å². The van der Waals surface area contributed by atoms with Gasteiger partial charge in [-0.25, -0.2) is 8.42 Å². The minimum Gasteiger partial charge on any atom is -0.353 e. The van der Waals surface area contributed by atoms with Crippen molar-refractivity contribution in [3.05, 3.63) is 59.7 Å². The fraction of sp³-hybridized carbons (Fsp3) is 0.350. The van der Waals surface area contributed by atoms with Gasteiger partial charge in [0.15, 0.2) is 0 Å². The summed E-state index contributed by atoms with van der Waals surface area (Å²) in [5.41, 5.74) is 2.72. The van der Waals surface area contributed by atoms with Gasteiger partial charge in [0.25, 0.3) is 0 Å². The lowest BCUT2D eigenvalue weighted by atomic mass is 10.2. The summed E-state index contributed by atoms with van der Waals surface area (Å²) in [7, 11) is -3.59. The van der Waals surface area contributed by atoms with Crippen LogP contribution in [0.5, 0.6) is 0 Å². The lowest BCUT2D eigenvalue weighted by molar-refractivity contribution is -0.121. The Kier molecular flexibility index (Phi) is 7.33. The molecule has 2 aromatic carbocycles. The van der Waals surface area contributed by atoms with E-state index in [9.17, 15) is 13.2 Å². The standard InChI is InChI=1S/C20H26N2O3S2/c1-15-5-9-18(10-6-15)22(27(4,24)25)17(3)20(23)21-13-14-26-19-11-7-16(2)8-12-19/h5-12,17H,13-14H2,1-4H3,(H,21,23)/t17-/m1/s1. The van der Waals surface area contributed by atoms with E-state index in [2.05, 4.69) is 17.4 Å². The predicted octanol–water partition coefficient (Wildman–Crippen LogP) is 3.37. The van der Waals surface area contributed by atoms with Crippen LogP contribution in [0.1, 0.15) is 18.1 Å². The fourth-order valence-electron chi connectivity index (χ4n) is 2.63. The number of nitrogens with one attached hydrogen (secondary N) is 1. The second kappa shape index (κ2) is 9.28. The lowest BCUT2D eigenvalue weighted by Crippen LogP contribution is -2.48. The molecule has 0 aromatic heterocycles. The van der Waals surface area contributed by atoms with Gasteiger partial charge in [-0.2, -0.15) is 0 Å². The fourth-order valence-corrected chi connectivity index (χ4v) is 4.57. The molecule has 0 saturated carbocycles. The molecule has 146 valence electrons. The van der Waals surface area contributed by atoms with Crippen LogP contribution in [0.4, 0.5) is 5.69 Å². The highest BCUT2D eigenvalue weighted by molar-refractivity contribution is 7.99. The molecule has 2 aromatic rings. The monoisotopic (exact) mass is 406 g/mol. The Morgan fingerprint density at radius 3 is 2.07 bits per heavy atom. The number of nitrogens with zero attached hydrogens (tertiary/aromatic N) is 1. The Morgan fingerprint density at radius 2 is 1.56 bits per heavy atom. The summed E-state index contributed by atoms with van der Waals surface area (Å²) in [6.07, 6.45) is 1.11. The highest BCUT2D eigenvalue weighted by Crippen LogP contribution is 2.21. The van der Waals surface area contributed by atoms with Crippen molar-refractivity contribution in [1.82, 2.24) is 5.32 Å². The molecule has 27 heavy (non-hydrogen) atoms. The van der Waals surface area contributed by atoms with E-state index < -0.39 is 16.1 Å². The summed E-state index contributed by atoms with van der Waals surface area (Å²) in [6.45, 7) is 6.03. The summed E-state index contributed by atoms with van der Waals surface area (Å²) in [4.78, 5) is 13.6. The Balaban J connectivity index is 1.96. The molecule has 1 atom stereocenters. The van der Waals surface area contributed by atoms with Gasteiger partial charge in [0, 0.05) is 17.2 Å². The van der Waals surface area contributed by atoms with Gasteiger partial charge in [0.2, 0.25) is 15.9 Å². The summed E-state index contributed by atoms with van der Waals surface area (Å²) >= 11 is 1.65. The van der Waals surface area contributed by atoms with Crippen LogP contribution >= 0.6 is 11.8 Å². The minimum absolute atomic E-state index is 0.314. The number of hydrogen-bond donors (Lipinski definition) is 1. The van der Waals surface area contributed by atoms with Gasteiger partial charge in [-0.1, -0.05) is 35.4 Å². The second-order valence-electron chi connectivity index (χ2n) is 6.52. The quantitative estimate of drug-likeness (QED) is 0.539. The first kappa shape index (κ1) is 21.3. The first-order valence-electron chi connectivity index (χ1n) is 8.72. The van der Waals surface area contributed by atoms with Crippen molar-refractivity contribution >= 4 is 33.4 Å². The molecule has 0 aliphatic heterocycles. The average molecular weight is 407 g/mol. The molecule has 0 saturated heterocycles. The normalized spacial score (nSPS) is 12.4. The molecule has 0 radical (unpaired) electrons. The zero-order chi connectivity index (χ0) is 20.0. The number of carbonyl (C=O) groups is 1. The van der Waals surface area contributed by atoms with Crippen LogP contribution < -0.4 is 9.62 Å². The number of aryl methyl sites for hydroxylation is 2. The maximum Gasteiger partial charge on any atom is 0.243 e. The van der Waals surface area contributed by atoms with Crippen molar-refractivity contribution in [2.45, 2.75) is 31.7 Å². The number of benzene rings is 2. The van der Waals surface area contributed by atoms with Crippen molar-refractivity contribution in [3.63, 3.8) is 0 Å². The zero-order valence-electron chi connectivity index (χ0n) is 16.1. The van der Waals surface area contributed by atoms with Crippen LogP contribution in [0, 0.1) is 13.8 Å². The summed E-state index contributed by atoms with van der Waals surface area (Å²) in [6, 6.07) is 14.5. The van der Waals surface area contributed by atoms with Crippen LogP contribution in [0.2, 0.25) is 0 Å². The molecule has 0 unspecified atom stereocenters. The highest BCUT2D eigenvalue weighted by atomic mass is 32.2. The molecule has 0 aliphatic rings. The van der Waals surface area contributed by atoms with Crippen molar-refractivity contribution in [3.8, 4) is 0 Å². The van der Waals surface area contributed by atoms with E-state index in [0.717, 1.165) is 21.0 Å². The molecular weight excluding hydrogens is 380 g/mol. The molecule has 1 amide bonds. The molecule has 0 bridgehead atoms. The molecule has 0 heterocycles. The van der Waals surface area contributed by atoms with E-state index in [-0.39, 0.29) is 5.91 Å². The molecule has 0 aliphatic carbocycles. The number of carbonyl (C=O) groups excluding carboxylic acids is 1. The molecule has 2 rings (SSSR count). The smallest absolute Gasteiger partial charge is 0.243 e. The van der Waals surface area contributed by atoms with Crippen LogP contribution in [0.25, 0.3) is 0 Å². The van der Waals surface area contributed by atoms with Gasteiger partial charge in [-0.15, -0.1) is 11.8 Å². The summed E-state index contributed by atoms with van der Waals surface area (Å²) < 4.78 is 25.7. The van der Waals surface area contributed by atoms with Crippen LogP contribution in [-0.4, -0.2) is 38.9 Å². The third-order valence-corrected chi connectivity index (χ3v) is 6.32. The van der Waals surface area contributed by atoms with Gasteiger partial charge in [-0.3, -0.25) is 9.10 Å². The maximum atomic E-state index is 12.5. The Labute approximate surface area is 166 Å². The third-order valence-electron chi connectivity index (χ3n) is 4.07. The number of anilines is 1. The molecule has 0 spiro atoms. The van der Waals surface area contributed by atoms with Crippen LogP contribution in [0.15, 0.2) is 53.4 Å². The van der Waals surface area contributed by atoms with Crippen molar-refractivity contribution in [2.75, 3.05) is 22.9 Å². The third kappa shape index (κ3) is 6.29. The predicted molar refractivity (Wildman–Crippen MR) is 113 cm³/mol. The van der Waals surface area contributed by atoms with Crippen LogP contribution in [0.3, 0.4) is 0 Å². The van der Waals surface area contributed by atoms with E-state index in [1.807, 2.05) is 38.1 Å². The van der Waals surface area contributed by atoms with E-state index in [0.29, 0.717) is 18.0 Å². The highest BCUT2D eigenvalue weighted by Gasteiger charge is 2.28. The number of thioether (sulfide) groups is 1. The number of hydrogen-bond acceptors (Lipinski definition) is 4. The topological polar surface area (TPSA) is 66.5 Å². The SMILES string of the molecule is Cc1ccc(SCCNC(=O)[C@@H](C)N(c2ccc(C)cc2)S(C)(=O)=O)cc1. The van der Waals surface area contributed by atoms with Gasteiger partial charge in [0.1, 0.15) is 6.04 Å². The van der Waals surface area contributed by atoms with Gasteiger partial charge >= 0.3 is 0 Å². The molecule has 0 fully saturated rings. The largest absolute Gasteiger partial charge is 0.353 e. The molecule has 5 nitrogen and oxygen atoms in total. The molecule has 7 heteroatoms. The minimum atomic E-state index is -3.59. The molecular formula is C20H26N2O3S2. The van der Waals surface area contributed by atoms with E-state index in [4.69, 9.17) is 0 Å². The second-order valence-corrected chi connectivity index (χ2v) is 9.55. The number of amides is 1. The van der Waals surface area contributed by atoms with E-state index in [1.54, 1.807) is 30.8 Å². The van der Waals surface area contributed by atoms with Crippen molar-refractivity contribution in [2.24, 2.45) is 0 Å². The average Bonchev–Trinajstić information content (AvgIpc) is 2.60. The lowest BCUT2D eigenvalue weighted by Gasteiger charge is -2.28. The Bertz CT molecular complexity index is 863. The summed E-state index contributed by atoms with van der Waals surface area (Å²) in [5.74, 6) is 0.399. The van der Waals surface area contributed by atoms with E-state index >= 15 is 0 Å². The Hall–Kier alpha value is -1.99. The zero-order valence-corrected chi connectivity index (χ0v) is 17.7. The van der Waals surface area contributed by atoms with Gasteiger partial charge < -0.3 is 5.32 Å². The van der Waals surface area contributed by atoms with Crippen LogP contribution in [-0.2, 0) is 14.8 Å². The number of rotatable bonds is 8. The molecule has 1 N–H and O–H groups in total. The number of sulfonamides is 1. The first-order chi connectivity index (χ1) is 12.7. The van der Waals surface area contributed by atoms with E-state index in [1.165, 1.54) is 5.56 Å². The van der Waals surface area contributed by atoms with Gasteiger partial charge in [0.05, 0.1) is 11.9 Å². The van der Waals surface area contributed by atoms with Gasteiger partial charge in [-0.05, 0) is 45.0 Å². The van der Waals surface area contributed by atoms with Crippen molar-refractivity contribution < 1.29 is 13.2 Å².